The number of carbonyl (C=O) groups is 1. The van der Waals surface area contributed by atoms with Crippen molar-refractivity contribution in [1.29, 1.82) is 0 Å². The fourth-order valence-corrected chi connectivity index (χ4v) is 3.48. The number of carboxylic acid groups (broad SMARTS) is 1. The minimum atomic E-state index is -0.806. The first-order chi connectivity index (χ1) is 11.1. The Morgan fingerprint density at radius 1 is 1.26 bits per heavy atom. The number of carboxylic acids is 1. The normalized spacial score (nSPS) is 10.8. The van der Waals surface area contributed by atoms with Crippen molar-refractivity contribution in [1.82, 2.24) is 9.97 Å². The number of fused-ring (bicyclic) bond motifs is 1. The Balaban J connectivity index is 1.88. The predicted molar refractivity (Wildman–Crippen MR) is 93.2 cm³/mol. The molecule has 0 radical (unpaired) electrons. The Morgan fingerprint density at radius 3 is 2.78 bits per heavy atom. The summed E-state index contributed by atoms with van der Waals surface area (Å²) in [5.74, 6) is -0.164. The third-order valence-corrected chi connectivity index (χ3v) is 4.53. The molecule has 0 saturated carbocycles. The van der Waals surface area contributed by atoms with E-state index in [1.165, 1.54) is 0 Å². The lowest BCUT2D eigenvalue weighted by Gasteiger charge is -2.05. The van der Waals surface area contributed by atoms with Gasteiger partial charge in [-0.2, -0.15) is 0 Å². The van der Waals surface area contributed by atoms with Gasteiger partial charge in [-0.25, -0.2) is 9.97 Å². The maximum atomic E-state index is 10.6. The summed E-state index contributed by atoms with van der Waals surface area (Å²) >= 11 is 7.55. The van der Waals surface area contributed by atoms with Crippen molar-refractivity contribution < 1.29 is 9.90 Å². The zero-order valence-corrected chi connectivity index (χ0v) is 13.7. The summed E-state index contributed by atoms with van der Waals surface area (Å²) in [7, 11) is 0. The maximum absolute atomic E-state index is 10.6. The van der Waals surface area contributed by atoms with Crippen LogP contribution in [-0.2, 0) is 4.79 Å². The molecule has 23 heavy (non-hydrogen) atoms. The summed E-state index contributed by atoms with van der Waals surface area (Å²) in [5.41, 5.74) is 1.11. The second-order valence-corrected chi connectivity index (χ2v) is 6.33. The molecule has 0 spiro atoms. The Labute approximate surface area is 142 Å². The van der Waals surface area contributed by atoms with E-state index in [0.717, 1.165) is 20.7 Å². The maximum Gasteiger partial charge on any atom is 0.303 e. The van der Waals surface area contributed by atoms with Crippen molar-refractivity contribution in [2.75, 3.05) is 11.9 Å². The highest BCUT2D eigenvalue weighted by Gasteiger charge is 2.12. The molecule has 1 aromatic carbocycles. The fourth-order valence-electron chi connectivity index (χ4n) is 2.22. The van der Waals surface area contributed by atoms with Crippen LogP contribution in [-0.4, -0.2) is 27.6 Å². The minimum absolute atomic E-state index is 0.119. The number of benzene rings is 1. The van der Waals surface area contributed by atoms with Crippen molar-refractivity contribution in [2.24, 2.45) is 0 Å². The van der Waals surface area contributed by atoms with Crippen molar-refractivity contribution in [3.05, 3.63) is 41.7 Å². The average molecular weight is 348 g/mol. The number of rotatable bonds is 6. The van der Waals surface area contributed by atoms with Crippen molar-refractivity contribution in [2.45, 2.75) is 12.8 Å². The van der Waals surface area contributed by atoms with Gasteiger partial charge in [0.25, 0.3) is 0 Å². The van der Waals surface area contributed by atoms with Gasteiger partial charge in [0.2, 0.25) is 5.28 Å². The topological polar surface area (TPSA) is 75.1 Å². The molecular formula is C16H14ClN3O2S. The lowest BCUT2D eigenvalue weighted by molar-refractivity contribution is -0.137. The number of halogens is 1. The van der Waals surface area contributed by atoms with Gasteiger partial charge >= 0.3 is 5.97 Å². The summed E-state index contributed by atoms with van der Waals surface area (Å²) in [6, 6.07) is 12.1. The second kappa shape index (κ2) is 6.93. The largest absolute Gasteiger partial charge is 0.481 e. The van der Waals surface area contributed by atoms with Crippen LogP contribution < -0.4 is 5.32 Å². The third-order valence-electron chi connectivity index (χ3n) is 3.28. The number of anilines is 1. The standard InChI is InChI=1S/C16H14ClN3O2S/c17-16-19-14(18-8-4-7-13(21)22)11-9-12(23-15(11)20-16)10-5-2-1-3-6-10/h1-3,5-6,9H,4,7-8H2,(H,21,22)(H,18,19,20). The summed E-state index contributed by atoms with van der Waals surface area (Å²) in [4.78, 5) is 21.0. The van der Waals surface area contributed by atoms with Gasteiger partial charge in [-0.15, -0.1) is 11.3 Å². The summed E-state index contributed by atoms with van der Waals surface area (Å²) in [6.45, 7) is 0.519. The Kier molecular flexibility index (Phi) is 4.73. The van der Waals surface area contributed by atoms with E-state index in [0.29, 0.717) is 18.8 Å². The molecule has 0 saturated heterocycles. The molecule has 0 aliphatic carbocycles. The number of nitrogens with zero attached hydrogens (tertiary/aromatic N) is 2. The molecule has 5 nitrogen and oxygen atoms in total. The van der Waals surface area contributed by atoms with Crippen molar-refractivity contribution >= 4 is 44.9 Å². The highest BCUT2D eigenvalue weighted by atomic mass is 35.5. The molecule has 118 valence electrons. The van der Waals surface area contributed by atoms with Gasteiger partial charge in [0, 0.05) is 17.8 Å². The fraction of sp³-hybridized carbons (Fsp3) is 0.188. The lowest BCUT2D eigenvalue weighted by atomic mass is 10.2. The number of aromatic nitrogens is 2. The van der Waals surface area contributed by atoms with E-state index in [1.807, 2.05) is 36.4 Å². The van der Waals surface area contributed by atoms with E-state index < -0.39 is 5.97 Å². The van der Waals surface area contributed by atoms with E-state index in [4.69, 9.17) is 16.7 Å². The molecule has 0 aliphatic rings. The smallest absolute Gasteiger partial charge is 0.303 e. The molecule has 2 aromatic heterocycles. The van der Waals surface area contributed by atoms with Gasteiger partial charge in [-0.3, -0.25) is 4.79 Å². The van der Waals surface area contributed by atoms with E-state index in [2.05, 4.69) is 15.3 Å². The van der Waals surface area contributed by atoms with E-state index in [1.54, 1.807) is 11.3 Å². The SMILES string of the molecule is O=C(O)CCCNc1nc(Cl)nc2sc(-c3ccccc3)cc12. The highest BCUT2D eigenvalue weighted by Crippen LogP contribution is 2.35. The summed E-state index contributed by atoms with van der Waals surface area (Å²) in [5, 5.41) is 12.9. The van der Waals surface area contributed by atoms with Gasteiger partial charge in [-0.05, 0) is 29.7 Å². The Hall–Kier alpha value is -2.18. The zero-order chi connectivity index (χ0) is 16.2. The first kappa shape index (κ1) is 15.7. The number of hydrogen-bond donors (Lipinski definition) is 2. The Morgan fingerprint density at radius 2 is 2.04 bits per heavy atom. The number of hydrogen-bond acceptors (Lipinski definition) is 5. The minimum Gasteiger partial charge on any atom is -0.481 e. The van der Waals surface area contributed by atoms with Crippen LogP contribution in [0.25, 0.3) is 20.7 Å². The van der Waals surface area contributed by atoms with Crippen LogP contribution >= 0.6 is 22.9 Å². The first-order valence-corrected chi connectivity index (χ1v) is 8.31. The average Bonchev–Trinajstić information content (AvgIpc) is 2.96. The van der Waals surface area contributed by atoms with Crippen molar-refractivity contribution in [3.63, 3.8) is 0 Å². The molecule has 3 rings (SSSR count). The van der Waals surface area contributed by atoms with Crippen LogP contribution in [0.1, 0.15) is 12.8 Å². The van der Waals surface area contributed by atoms with Crippen LogP contribution in [0.4, 0.5) is 5.82 Å². The van der Waals surface area contributed by atoms with E-state index in [-0.39, 0.29) is 11.7 Å². The van der Waals surface area contributed by atoms with Gasteiger partial charge < -0.3 is 10.4 Å². The molecule has 0 amide bonds. The first-order valence-electron chi connectivity index (χ1n) is 7.11. The highest BCUT2D eigenvalue weighted by molar-refractivity contribution is 7.22. The van der Waals surface area contributed by atoms with Gasteiger partial charge in [-0.1, -0.05) is 30.3 Å². The quantitative estimate of drug-likeness (QED) is 0.514. The van der Waals surface area contributed by atoms with Crippen LogP contribution in [0.2, 0.25) is 5.28 Å². The van der Waals surface area contributed by atoms with Crippen LogP contribution in [0.15, 0.2) is 36.4 Å². The van der Waals surface area contributed by atoms with Crippen LogP contribution in [0.5, 0.6) is 0 Å². The molecule has 0 unspecified atom stereocenters. The molecule has 0 atom stereocenters. The number of nitrogens with one attached hydrogen (secondary N) is 1. The zero-order valence-electron chi connectivity index (χ0n) is 12.1. The monoisotopic (exact) mass is 347 g/mol. The molecule has 0 aliphatic heterocycles. The van der Waals surface area contributed by atoms with E-state index in [9.17, 15) is 4.79 Å². The van der Waals surface area contributed by atoms with Crippen molar-refractivity contribution in [3.8, 4) is 10.4 Å². The molecule has 7 heteroatoms. The Bertz CT molecular complexity index is 836. The molecule has 2 N–H and O–H groups in total. The molecule has 0 fully saturated rings. The second-order valence-electron chi connectivity index (χ2n) is 4.96. The lowest BCUT2D eigenvalue weighted by Crippen LogP contribution is -2.06. The predicted octanol–water partition coefficient (Wildman–Crippen LogP) is 4.29. The van der Waals surface area contributed by atoms with E-state index >= 15 is 0 Å². The molecule has 0 bridgehead atoms. The number of aliphatic carboxylic acids is 1. The van der Waals surface area contributed by atoms with Gasteiger partial charge in [0.05, 0.1) is 5.39 Å². The summed E-state index contributed by atoms with van der Waals surface area (Å²) in [6.07, 6.45) is 0.641. The molecule has 2 heterocycles. The van der Waals surface area contributed by atoms with Gasteiger partial charge in [0.15, 0.2) is 0 Å². The number of thiophene rings is 1. The van der Waals surface area contributed by atoms with Gasteiger partial charge in [0.1, 0.15) is 10.6 Å². The van der Waals surface area contributed by atoms with Crippen LogP contribution in [0, 0.1) is 0 Å². The van der Waals surface area contributed by atoms with Crippen LogP contribution in [0.3, 0.4) is 0 Å². The summed E-state index contributed by atoms with van der Waals surface area (Å²) < 4.78 is 0. The molecule has 3 aromatic rings. The third kappa shape index (κ3) is 3.78. The molecular weight excluding hydrogens is 334 g/mol.